The minimum Gasteiger partial charge on any atom is -0.466 e. The van der Waals surface area contributed by atoms with Crippen molar-refractivity contribution < 1.29 is 14.3 Å². The van der Waals surface area contributed by atoms with Crippen molar-refractivity contribution in [3.05, 3.63) is 27.9 Å². The van der Waals surface area contributed by atoms with Gasteiger partial charge in [-0.25, -0.2) is 4.98 Å². The molecule has 1 atom stereocenters. The Kier molecular flexibility index (Phi) is 4.97. The Hall–Kier alpha value is -2.18. The molecule has 7 nitrogen and oxygen atoms in total. The summed E-state index contributed by atoms with van der Waals surface area (Å²) in [5.74, 6) is 0.338. The number of piperidine rings is 1. The van der Waals surface area contributed by atoms with E-state index in [9.17, 15) is 14.4 Å². The maximum Gasteiger partial charge on any atom is 0.307 e. The summed E-state index contributed by atoms with van der Waals surface area (Å²) in [6, 6.07) is -0.215. The number of amides is 1. The standard InChI is InChI=1S/C17H23N3O4/c1-2-24-14(21)9-12-5-3-4-8-20(12)17(23)13-10-18-15(11-6-7-11)19-16(13)22/h10-12H,2-9H2,1H3,(H,18,19,22). The van der Waals surface area contributed by atoms with Gasteiger partial charge in [-0.1, -0.05) is 0 Å². The van der Waals surface area contributed by atoms with Crippen LogP contribution in [0.1, 0.15) is 67.5 Å². The van der Waals surface area contributed by atoms with Crippen LogP contribution < -0.4 is 5.56 Å². The number of nitrogens with one attached hydrogen (secondary N) is 1. The Morgan fingerprint density at radius 2 is 2.12 bits per heavy atom. The third-order valence-electron chi connectivity index (χ3n) is 4.61. The molecular weight excluding hydrogens is 310 g/mol. The summed E-state index contributed by atoms with van der Waals surface area (Å²) in [6.07, 6.45) is 6.19. The molecule has 2 fully saturated rings. The molecule has 130 valence electrons. The Morgan fingerprint density at radius 1 is 1.33 bits per heavy atom. The number of ether oxygens (including phenoxy) is 1. The Morgan fingerprint density at radius 3 is 2.79 bits per heavy atom. The minimum absolute atomic E-state index is 0.0511. The van der Waals surface area contributed by atoms with Crippen LogP contribution in [0.5, 0.6) is 0 Å². The highest BCUT2D eigenvalue weighted by Crippen LogP contribution is 2.37. The van der Waals surface area contributed by atoms with Gasteiger partial charge in [0.1, 0.15) is 11.4 Å². The van der Waals surface area contributed by atoms with Crippen molar-refractivity contribution in [2.75, 3.05) is 13.2 Å². The van der Waals surface area contributed by atoms with Crippen LogP contribution in [0.15, 0.2) is 11.0 Å². The van der Waals surface area contributed by atoms with Crippen LogP contribution in [-0.4, -0.2) is 45.9 Å². The number of aromatic amines is 1. The van der Waals surface area contributed by atoms with Crippen molar-refractivity contribution in [1.82, 2.24) is 14.9 Å². The average Bonchev–Trinajstić information content (AvgIpc) is 3.40. The lowest BCUT2D eigenvalue weighted by Crippen LogP contribution is -2.46. The molecule has 1 aliphatic heterocycles. The number of carbonyl (C=O) groups excluding carboxylic acids is 2. The Labute approximate surface area is 140 Å². The molecule has 7 heteroatoms. The molecule has 1 saturated heterocycles. The fraction of sp³-hybridized carbons (Fsp3) is 0.647. The molecule has 0 spiro atoms. The maximum absolute atomic E-state index is 12.8. The predicted octanol–water partition coefficient (Wildman–Crippen LogP) is 1.60. The maximum atomic E-state index is 12.8. The third-order valence-corrected chi connectivity index (χ3v) is 4.61. The van der Waals surface area contributed by atoms with Crippen LogP contribution in [-0.2, 0) is 9.53 Å². The first-order valence-corrected chi connectivity index (χ1v) is 8.66. The third kappa shape index (κ3) is 3.66. The molecule has 24 heavy (non-hydrogen) atoms. The molecule has 0 bridgehead atoms. The number of hydrogen-bond donors (Lipinski definition) is 1. The van der Waals surface area contributed by atoms with E-state index in [2.05, 4.69) is 9.97 Å². The van der Waals surface area contributed by atoms with Gasteiger partial charge in [-0.3, -0.25) is 14.4 Å². The summed E-state index contributed by atoms with van der Waals surface area (Å²) in [5.41, 5.74) is -0.340. The first-order chi connectivity index (χ1) is 11.6. The fourth-order valence-corrected chi connectivity index (χ4v) is 3.17. The molecular formula is C17H23N3O4. The van der Waals surface area contributed by atoms with Gasteiger partial charge >= 0.3 is 5.97 Å². The summed E-state index contributed by atoms with van der Waals surface area (Å²) in [4.78, 5) is 45.4. The number of rotatable bonds is 5. The first-order valence-electron chi connectivity index (χ1n) is 8.66. The molecule has 1 aliphatic carbocycles. The van der Waals surface area contributed by atoms with Gasteiger partial charge in [0.05, 0.1) is 13.0 Å². The number of H-pyrrole nitrogens is 1. The lowest BCUT2D eigenvalue weighted by molar-refractivity contribution is -0.144. The van der Waals surface area contributed by atoms with Crippen molar-refractivity contribution in [3.8, 4) is 0 Å². The lowest BCUT2D eigenvalue weighted by atomic mass is 9.98. The Bertz CT molecular complexity index is 681. The number of carbonyl (C=O) groups is 2. The molecule has 1 aromatic heterocycles. The van der Waals surface area contributed by atoms with Crippen molar-refractivity contribution in [2.45, 2.75) is 57.4 Å². The van der Waals surface area contributed by atoms with E-state index in [1.165, 1.54) is 6.20 Å². The van der Waals surface area contributed by atoms with E-state index in [4.69, 9.17) is 4.74 Å². The second kappa shape index (κ2) is 7.15. The fourth-order valence-electron chi connectivity index (χ4n) is 3.17. The zero-order valence-corrected chi connectivity index (χ0v) is 13.9. The zero-order valence-electron chi connectivity index (χ0n) is 13.9. The van der Waals surface area contributed by atoms with Gasteiger partial charge < -0.3 is 14.6 Å². The average molecular weight is 333 g/mol. The van der Waals surface area contributed by atoms with Gasteiger partial charge in [-0.2, -0.15) is 0 Å². The smallest absolute Gasteiger partial charge is 0.307 e. The largest absolute Gasteiger partial charge is 0.466 e. The topological polar surface area (TPSA) is 92.4 Å². The van der Waals surface area contributed by atoms with Crippen molar-refractivity contribution >= 4 is 11.9 Å². The minimum atomic E-state index is -0.391. The second-order valence-electron chi connectivity index (χ2n) is 6.44. The first kappa shape index (κ1) is 16.7. The highest BCUT2D eigenvalue weighted by Gasteiger charge is 2.32. The highest BCUT2D eigenvalue weighted by molar-refractivity contribution is 5.94. The molecule has 1 aromatic rings. The normalized spacial score (nSPS) is 20.7. The molecule has 1 saturated carbocycles. The second-order valence-corrected chi connectivity index (χ2v) is 6.44. The van der Waals surface area contributed by atoms with Crippen LogP contribution in [0.2, 0.25) is 0 Å². The van der Waals surface area contributed by atoms with Gasteiger partial charge in [0, 0.05) is 24.7 Å². The summed E-state index contributed by atoms with van der Waals surface area (Å²) < 4.78 is 4.99. The van der Waals surface area contributed by atoms with Crippen LogP contribution >= 0.6 is 0 Å². The quantitative estimate of drug-likeness (QED) is 0.826. The molecule has 2 aliphatic rings. The molecule has 1 amide bonds. The van der Waals surface area contributed by atoms with Gasteiger partial charge in [0.2, 0.25) is 0 Å². The summed E-state index contributed by atoms with van der Waals surface area (Å²) in [5, 5.41) is 0. The number of nitrogens with zero attached hydrogens (tertiary/aromatic N) is 2. The predicted molar refractivity (Wildman–Crippen MR) is 86.8 cm³/mol. The van der Waals surface area contributed by atoms with E-state index >= 15 is 0 Å². The monoisotopic (exact) mass is 333 g/mol. The number of esters is 1. The summed E-state index contributed by atoms with van der Waals surface area (Å²) >= 11 is 0. The van der Waals surface area contributed by atoms with Crippen LogP contribution in [0, 0.1) is 0 Å². The van der Waals surface area contributed by atoms with Gasteiger partial charge in [0.25, 0.3) is 11.5 Å². The summed E-state index contributed by atoms with van der Waals surface area (Å²) in [6.45, 7) is 2.63. The number of likely N-dealkylation sites (tertiary alicyclic amines) is 1. The highest BCUT2D eigenvalue weighted by atomic mass is 16.5. The van der Waals surface area contributed by atoms with Crippen LogP contribution in [0.3, 0.4) is 0 Å². The SMILES string of the molecule is CCOC(=O)CC1CCCCN1C(=O)c1cnc(C2CC2)[nH]c1=O. The molecule has 1 N–H and O–H groups in total. The molecule has 2 heterocycles. The molecule has 1 unspecified atom stereocenters. The van der Waals surface area contributed by atoms with Crippen molar-refractivity contribution in [3.63, 3.8) is 0 Å². The van der Waals surface area contributed by atoms with Gasteiger partial charge in [0.15, 0.2) is 0 Å². The lowest BCUT2D eigenvalue weighted by Gasteiger charge is -2.35. The molecule has 0 radical (unpaired) electrons. The van der Waals surface area contributed by atoms with E-state index in [0.717, 1.165) is 32.1 Å². The molecule has 3 rings (SSSR count). The number of aromatic nitrogens is 2. The van der Waals surface area contributed by atoms with E-state index < -0.39 is 5.56 Å². The summed E-state index contributed by atoms with van der Waals surface area (Å²) in [7, 11) is 0. The molecule has 0 aromatic carbocycles. The van der Waals surface area contributed by atoms with Gasteiger partial charge in [-0.15, -0.1) is 0 Å². The van der Waals surface area contributed by atoms with E-state index in [-0.39, 0.29) is 29.9 Å². The number of hydrogen-bond acceptors (Lipinski definition) is 5. The van der Waals surface area contributed by atoms with Crippen molar-refractivity contribution in [2.24, 2.45) is 0 Å². The van der Waals surface area contributed by atoms with Gasteiger partial charge in [-0.05, 0) is 39.0 Å². The Balaban J connectivity index is 1.76. The van der Waals surface area contributed by atoms with Crippen molar-refractivity contribution in [1.29, 1.82) is 0 Å². The van der Waals surface area contributed by atoms with Crippen LogP contribution in [0.25, 0.3) is 0 Å². The zero-order chi connectivity index (χ0) is 17.1. The van der Waals surface area contributed by atoms with E-state index in [0.29, 0.717) is 24.9 Å². The van der Waals surface area contributed by atoms with Crippen LogP contribution in [0.4, 0.5) is 0 Å². The van der Waals surface area contributed by atoms with E-state index in [1.54, 1.807) is 11.8 Å². The van der Waals surface area contributed by atoms with E-state index in [1.807, 2.05) is 0 Å².